The van der Waals surface area contributed by atoms with Crippen LogP contribution in [0.3, 0.4) is 0 Å². The second-order valence-electron chi connectivity index (χ2n) is 8.70. The smallest absolute Gasteiger partial charge is 0.255 e. The summed E-state index contributed by atoms with van der Waals surface area (Å²) in [6.45, 7) is 0. The molecule has 4 aromatic carbocycles. The number of nitrogens with one attached hydrogen (secondary N) is 2. The number of fused-ring (bicyclic) bond motifs is 4. The van der Waals surface area contributed by atoms with E-state index in [-0.39, 0.29) is 11.9 Å². The van der Waals surface area contributed by atoms with Crippen LogP contribution in [0.25, 0.3) is 10.8 Å². The van der Waals surface area contributed by atoms with Gasteiger partial charge in [0.15, 0.2) is 0 Å². The van der Waals surface area contributed by atoms with Crippen molar-refractivity contribution in [1.29, 1.82) is 0 Å². The molecule has 0 fully saturated rings. The van der Waals surface area contributed by atoms with Gasteiger partial charge in [0.25, 0.3) is 5.91 Å². The minimum atomic E-state index is -0.0816. The van der Waals surface area contributed by atoms with Gasteiger partial charge in [-0.2, -0.15) is 0 Å². The van der Waals surface area contributed by atoms with Crippen molar-refractivity contribution in [1.82, 2.24) is 0 Å². The fraction of sp³-hybridized carbons (Fsp3) is 0.138. The van der Waals surface area contributed by atoms with Crippen molar-refractivity contribution in [2.24, 2.45) is 5.92 Å². The van der Waals surface area contributed by atoms with E-state index in [0.717, 1.165) is 17.8 Å². The summed E-state index contributed by atoms with van der Waals surface area (Å²) in [5.41, 5.74) is 5.23. The fourth-order valence-corrected chi connectivity index (χ4v) is 5.20. The first kappa shape index (κ1) is 18.9. The summed E-state index contributed by atoms with van der Waals surface area (Å²) in [6, 6.07) is 31.2. The number of amides is 1. The average molecular weight is 417 g/mol. The lowest BCUT2D eigenvalue weighted by atomic mass is 9.76. The molecule has 156 valence electrons. The Balaban J connectivity index is 1.32. The summed E-state index contributed by atoms with van der Waals surface area (Å²) in [7, 11) is 0. The van der Waals surface area contributed by atoms with Crippen LogP contribution >= 0.6 is 0 Å². The standard InChI is InChI=1S/C29H24N2O/c32-29(20-8-2-1-3-9-20)30-23-15-16-27-26(18-23)24-11-6-12-25(24)28(31-27)22-14-13-19-7-4-5-10-21(19)17-22/h1-11,13-18,24-25,28,31H,12H2,(H,30,32). The second kappa shape index (κ2) is 7.69. The lowest BCUT2D eigenvalue weighted by Crippen LogP contribution is -2.29. The molecular weight excluding hydrogens is 392 g/mol. The molecule has 0 spiro atoms. The maximum Gasteiger partial charge on any atom is 0.255 e. The molecule has 0 saturated carbocycles. The lowest BCUT2D eigenvalue weighted by Gasteiger charge is -2.38. The van der Waals surface area contributed by atoms with Crippen molar-refractivity contribution in [2.45, 2.75) is 18.4 Å². The number of hydrogen-bond donors (Lipinski definition) is 2. The first-order valence-electron chi connectivity index (χ1n) is 11.2. The predicted molar refractivity (Wildman–Crippen MR) is 131 cm³/mol. The van der Waals surface area contributed by atoms with Crippen molar-refractivity contribution in [3.8, 4) is 0 Å². The van der Waals surface area contributed by atoms with Gasteiger partial charge < -0.3 is 10.6 Å². The largest absolute Gasteiger partial charge is 0.378 e. The molecule has 1 aliphatic carbocycles. The molecule has 0 radical (unpaired) electrons. The lowest BCUT2D eigenvalue weighted by molar-refractivity contribution is 0.102. The molecule has 0 bridgehead atoms. The van der Waals surface area contributed by atoms with Gasteiger partial charge in [0.2, 0.25) is 0 Å². The van der Waals surface area contributed by atoms with E-state index in [0.29, 0.717) is 17.4 Å². The molecular formula is C29H24N2O. The van der Waals surface area contributed by atoms with Gasteiger partial charge in [-0.05, 0) is 70.6 Å². The van der Waals surface area contributed by atoms with Gasteiger partial charge in [-0.1, -0.05) is 66.7 Å². The molecule has 3 nitrogen and oxygen atoms in total. The normalized spacial score (nSPS) is 20.9. The Morgan fingerprint density at radius 2 is 1.66 bits per heavy atom. The van der Waals surface area contributed by atoms with Gasteiger partial charge in [0.05, 0.1) is 6.04 Å². The minimum absolute atomic E-state index is 0.0816. The van der Waals surface area contributed by atoms with Crippen molar-refractivity contribution in [3.05, 3.63) is 120 Å². The van der Waals surface area contributed by atoms with Crippen molar-refractivity contribution in [3.63, 3.8) is 0 Å². The van der Waals surface area contributed by atoms with Crippen molar-refractivity contribution >= 4 is 28.1 Å². The van der Waals surface area contributed by atoms with Crippen LogP contribution in [0.1, 0.15) is 39.9 Å². The molecule has 1 heterocycles. The van der Waals surface area contributed by atoms with E-state index >= 15 is 0 Å². The highest BCUT2D eigenvalue weighted by Gasteiger charge is 2.38. The van der Waals surface area contributed by atoms with Gasteiger partial charge in [-0.3, -0.25) is 4.79 Å². The molecule has 3 heteroatoms. The van der Waals surface area contributed by atoms with Gasteiger partial charge in [-0.25, -0.2) is 0 Å². The zero-order valence-electron chi connectivity index (χ0n) is 17.7. The third-order valence-electron chi connectivity index (χ3n) is 6.79. The van der Waals surface area contributed by atoms with Crippen LogP contribution < -0.4 is 10.6 Å². The zero-order valence-corrected chi connectivity index (χ0v) is 17.7. The first-order chi connectivity index (χ1) is 15.8. The van der Waals surface area contributed by atoms with Gasteiger partial charge in [-0.15, -0.1) is 0 Å². The summed E-state index contributed by atoms with van der Waals surface area (Å²) in [5, 5.41) is 9.42. The van der Waals surface area contributed by atoms with Crippen LogP contribution in [0.2, 0.25) is 0 Å². The quantitative estimate of drug-likeness (QED) is 0.356. The van der Waals surface area contributed by atoms with Gasteiger partial charge >= 0.3 is 0 Å². The van der Waals surface area contributed by atoms with Crippen LogP contribution in [-0.2, 0) is 0 Å². The summed E-state index contributed by atoms with van der Waals surface area (Å²) in [6.07, 6.45) is 5.69. The van der Waals surface area contributed by atoms with E-state index in [4.69, 9.17) is 0 Å². The van der Waals surface area contributed by atoms with Crippen LogP contribution in [0, 0.1) is 5.92 Å². The number of carbonyl (C=O) groups is 1. The van der Waals surface area contributed by atoms with Crippen LogP contribution in [-0.4, -0.2) is 5.91 Å². The number of anilines is 2. The molecule has 32 heavy (non-hydrogen) atoms. The third-order valence-corrected chi connectivity index (χ3v) is 6.79. The molecule has 4 aromatic rings. The van der Waals surface area contributed by atoms with E-state index in [2.05, 4.69) is 77.4 Å². The van der Waals surface area contributed by atoms with Crippen molar-refractivity contribution < 1.29 is 4.79 Å². The number of rotatable bonds is 3. The molecule has 3 atom stereocenters. The zero-order chi connectivity index (χ0) is 21.5. The van der Waals surface area contributed by atoms with Gasteiger partial charge in [0.1, 0.15) is 0 Å². The molecule has 2 aliphatic rings. The Morgan fingerprint density at radius 1 is 0.844 bits per heavy atom. The Kier molecular flexibility index (Phi) is 4.53. The summed E-state index contributed by atoms with van der Waals surface area (Å²) in [4.78, 5) is 12.6. The molecule has 2 N–H and O–H groups in total. The SMILES string of the molecule is O=C(Nc1ccc2c(c1)C1C=CCC1C(c1ccc3ccccc3c1)N2)c1ccccc1. The average Bonchev–Trinajstić information content (AvgIpc) is 3.34. The second-order valence-corrected chi connectivity index (χ2v) is 8.70. The highest BCUT2D eigenvalue weighted by molar-refractivity contribution is 6.04. The fourth-order valence-electron chi connectivity index (χ4n) is 5.20. The Morgan fingerprint density at radius 3 is 2.53 bits per heavy atom. The molecule has 0 aromatic heterocycles. The van der Waals surface area contributed by atoms with E-state index in [1.807, 2.05) is 36.4 Å². The van der Waals surface area contributed by atoms with Gasteiger partial charge in [0, 0.05) is 22.9 Å². The summed E-state index contributed by atoms with van der Waals surface area (Å²) in [5.74, 6) is 0.724. The van der Waals surface area contributed by atoms with E-state index in [1.165, 1.54) is 21.9 Å². The topological polar surface area (TPSA) is 41.1 Å². The predicted octanol–water partition coefficient (Wildman–Crippen LogP) is 6.92. The Bertz CT molecular complexity index is 1340. The van der Waals surface area contributed by atoms with Crippen LogP contribution in [0.4, 0.5) is 11.4 Å². The summed E-state index contributed by atoms with van der Waals surface area (Å²) < 4.78 is 0. The maximum atomic E-state index is 12.6. The third kappa shape index (κ3) is 3.27. The van der Waals surface area contributed by atoms with Crippen molar-refractivity contribution in [2.75, 3.05) is 10.6 Å². The molecule has 6 rings (SSSR count). The molecule has 1 aliphatic heterocycles. The highest BCUT2D eigenvalue weighted by Crippen LogP contribution is 2.50. The van der Waals surface area contributed by atoms with E-state index in [9.17, 15) is 4.79 Å². The monoisotopic (exact) mass is 416 g/mol. The summed E-state index contributed by atoms with van der Waals surface area (Å²) >= 11 is 0. The Labute approximate surface area is 187 Å². The number of hydrogen-bond acceptors (Lipinski definition) is 2. The van der Waals surface area contributed by atoms with Crippen LogP contribution in [0.15, 0.2) is 103 Å². The number of allylic oxidation sites excluding steroid dienone is 2. The van der Waals surface area contributed by atoms with E-state index in [1.54, 1.807) is 0 Å². The maximum absolute atomic E-state index is 12.6. The molecule has 0 saturated heterocycles. The van der Waals surface area contributed by atoms with E-state index < -0.39 is 0 Å². The number of benzene rings is 4. The van der Waals surface area contributed by atoms with Crippen LogP contribution in [0.5, 0.6) is 0 Å². The Hall–Kier alpha value is -3.85. The molecule has 3 unspecified atom stereocenters. The molecule has 1 amide bonds. The minimum Gasteiger partial charge on any atom is -0.378 e. The first-order valence-corrected chi connectivity index (χ1v) is 11.2. The number of carbonyl (C=O) groups excluding carboxylic acids is 1. The highest BCUT2D eigenvalue weighted by atomic mass is 16.1.